The SMILES string of the molecule is CC(C)C1(C)NC(=O)N(CC(O)c2ccccc2)C1=O. The molecule has 1 aliphatic rings. The van der Waals surface area contributed by atoms with Gasteiger partial charge in [-0.15, -0.1) is 0 Å². The molecule has 3 amide bonds. The summed E-state index contributed by atoms with van der Waals surface area (Å²) in [4.78, 5) is 25.4. The molecule has 0 bridgehead atoms. The first-order valence-electron chi connectivity index (χ1n) is 6.73. The molecule has 2 N–H and O–H groups in total. The minimum absolute atomic E-state index is 0.0159. The van der Waals surface area contributed by atoms with Crippen LogP contribution in [0.15, 0.2) is 30.3 Å². The molecule has 1 aliphatic heterocycles. The third-order valence-electron chi connectivity index (χ3n) is 4.00. The summed E-state index contributed by atoms with van der Waals surface area (Å²) in [6.45, 7) is 5.45. The predicted molar refractivity (Wildman–Crippen MR) is 74.9 cm³/mol. The molecule has 1 fully saturated rings. The number of aliphatic hydroxyl groups excluding tert-OH is 1. The largest absolute Gasteiger partial charge is 0.387 e. The predicted octanol–water partition coefficient (Wildman–Crippen LogP) is 1.69. The Balaban J connectivity index is 2.14. The fraction of sp³-hybridized carbons (Fsp3) is 0.467. The Morgan fingerprint density at radius 2 is 1.85 bits per heavy atom. The second kappa shape index (κ2) is 5.25. The van der Waals surface area contributed by atoms with Crippen LogP contribution in [0.5, 0.6) is 0 Å². The maximum absolute atomic E-state index is 12.4. The van der Waals surface area contributed by atoms with E-state index in [0.717, 1.165) is 4.90 Å². The van der Waals surface area contributed by atoms with Gasteiger partial charge in [0.2, 0.25) is 0 Å². The van der Waals surface area contributed by atoms with E-state index in [-0.39, 0.29) is 18.4 Å². The van der Waals surface area contributed by atoms with Gasteiger partial charge in [0.15, 0.2) is 0 Å². The second-order valence-electron chi connectivity index (χ2n) is 5.63. The number of hydrogen-bond acceptors (Lipinski definition) is 3. The van der Waals surface area contributed by atoms with Gasteiger partial charge >= 0.3 is 6.03 Å². The van der Waals surface area contributed by atoms with E-state index in [1.54, 1.807) is 19.1 Å². The highest BCUT2D eigenvalue weighted by molar-refractivity contribution is 6.07. The monoisotopic (exact) mass is 276 g/mol. The van der Waals surface area contributed by atoms with Crippen LogP contribution >= 0.6 is 0 Å². The first-order valence-corrected chi connectivity index (χ1v) is 6.73. The topological polar surface area (TPSA) is 69.6 Å². The number of hydrogen-bond donors (Lipinski definition) is 2. The van der Waals surface area contributed by atoms with Crippen LogP contribution in [0, 0.1) is 5.92 Å². The molecule has 0 saturated carbocycles. The Morgan fingerprint density at radius 1 is 1.25 bits per heavy atom. The number of nitrogens with zero attached hydrogens (tertiary/aromatic N) is 1. The third-order valence-corrected chi connectivity index (χ3v) is 4.00. The van der Waals surface area contributed by atoms with Crippen LogP contribution in [0.25, 0.3) is 0 Å². The molecule has 0 radical (unpaired) electrons. The van der Waals surface area contributed by atoms with Gasteiger partial charge in [-0.2, -0.15) is 0 Å². The lowest BCUT2D eigenvalue weighted by Gasteiger charge is -2.26. The molecule has 1 heterocycles. The van der Waals surface area contributed by atoms with Crippen molar-refractivity contribution < 1.29 is 14.7 Å². The summed E-state index contributed by atoms with van der Waals surface area (Å²) >= 11 is 0. The van der Waals surface area contributed by atoms with Crippen LogP contribution in [-0.2, 0) is 4.79 Å². The number of β-amino-alcohol motifs (C(OH)–C–C–N with tert-alkyl or cyclic N) is 1. The minimum atomic E-state index is -0.895. The van der Waals surface area contributed by atoms with Crippen molar-refractivity contribution in [2.75, 3.05) is 6.54 Å². The van der Waals surface area contributed by atoms with E-state index in [1.165, 1.54) is 0 Å². The van der Waals surface area contributed by atoms with Crippen LogP contribution in [0.3, 0.4) is 0 Å². The van der Waals surface area contributed by atoms with E-state index in [2.05, 4.69) is 5.32 Å². The lowest BCUT2D eigenvalue weighted by molar-refractivity contribution is -0.133. The third kappa shape index (κ3) is 2.41. The van der Waals surface area contributed by atoms with Gasteiger partial charge in [0.1, 0.15) is 5.54 Å². The van der Waals surface area contributed by atoms with E-state index in [9.17, 15) is 14.7 Å². The Bertz CT molecular complexity index is 515. The van der Waals surface area contributed by atoms with Crippen molar-refractivity contribution in [2.24, 2.45) is 5.92 Å². The standard InChI is InChI=1S/C15H20N2O3/c1-10(2)15(3)13(19)17(14(20)16-15)9-12(18)11-7-5-4-6-8-11/h4-8,10,12,18H,9H2,1-3H3,(H,16,20). The quantitative estimate of drug-likeness (QED) is 0.822. The summed E-state index contributed by atoms with van der Waals surface area (Å²) in [5, 5.41) is 12.9. The van der Waals surface area contributed by atoms with Crippen molar-refractivity contribution in [3.05, 3.63) is 35.9 Å². The van der Waals surface area contributed by atoms with Crippen molar-refractivity contribution in [3.8, 4) is 0 Å². The van der Waals surface area contributed by atoms with E-state index in [1.807, 2.05) is 32.0 Å². The molecular formula is C15H20N2O3. The van der Waals surface area contributed by atoms with Crippen molar-refractivity contribution >= 4 is 11.9 Å². The molecule has 2 atom stereocenters. The summed E-state index contributed by atoms with van der Waals surface area (Å²) in [5.74, 6) is -0.301. The highest BCUT2D eigenvalue weighted by Gasteiger charge is 2.49. The molecule has 0 spiro atoms. The zero-order chi connectivity index (χ0) is 14.9. The number of rotatable bonds is 4. The van der Waals surface area contributed by atoms with Gasteiger partial charge in [0, 0.05) is 0 Å². The first kappa shape index (κ1) is 14.5. The average molecular weight is 276 g/mol. The zero-order valence-electron chi connectivity index (χ0n) is 12.0. The van der Waals surface area contributed by atoms with Gasteiger partial charge < -0.3 is 10.4 Å². The maximum atomic E-state index is 12.4. The molecule has 108 valence electrons. The van der Waals surface area contributed by atoms with Crippen LogP contribution in [0.4, 0.5) is 4.79 Å². The molecule has 2 rings (SSSR count). The van der Waals surface area contributed by atoms with Gasteiger partial charge in [-0.05, 0) is 18.4 Å². The summed E-state index contributed by atoms with van der Waals surface area (Å²) < 4.78 is 0. The van der Waals surface area contributed by atoms with Crippen molar-refractivity contribution in [1.82, 2.24) is 10.2 Å². The number of nitrogens with one attached hydrogen (secondary N) is 1. The van der Waals surface area contributed by atoms with Gasteiger partial charge in [0.05, 0.1) is 12.6 Å². The highest BCUT2D eigenvalue weighted by atomic mass is 16.3. The lowest BCUT2D eigenvalue weighted by atomic mass is 9.88. The van der Waals surface area contributed by atoms with Crippen molar-refractivity contribution in [3.63, 3.8) is 0 Å². The normalized spacial score (nSPS) is 24.1. The molecule has 2 unspecified atom stereocenters. The highest BCUT2D eigenvalue weighted by Crippen LogP contribution is 2.27. The van der Waals surface area contributed by atoms with Crippen molar-refractivity contribution in [1.29, 1.82) is 0 Å². The zero-order valence-corrected chi connectivity index (χ0v) is 12.0. The van der Waals surface area contributed by atoms with Crippen LogP contribution < -0.4 is 5.32 Å². The smallest absolute Gasteiger partial charge is 0.325 e. The van der Waals surface area contributed by atoms with Gasteiger partial charge in [-0.25, -0.2) is 4.79 Å². The molecule has 1 saturated heterocycles. The van der Waals surface area contributed by atoms with E-state index >= 15 is 0 Å². The Hall–Kier alpha value is -1.88. The average Bonchev–Trinajstić information content (AvgIpc) is 2.64. The van der Waals surface area contributed by atoms with Crippen LogP contribution in [-0.4, -0.2) is 34.0 Å². The van der Waals surface area contributed by atoms with Crippen LogP contribution in [0.1, 0.15) is 32.4 Å². The summed E-state index contributed by atoms with van der Waals surface area (Å²) in [6, 6.07) is 8.56. The molecule has 0 aliphatic carbocycles. The number of imide groups is 1. The molecule has 0 aromatic heterocycles. The first-order chi connectivity index (χ1) is 9.36. The van der Waals surface area contributed by atoms with Gasteiger partial charge in [-0.3, -0.25) is 9.69 Å². The number of carbonyl (C=O) groups excluding carboxylic acids is 2. The van der Waals surface area contributed by atoms with Crippen LogP contribution in [0.2, 0.25) is 0 Å². The Labute approximate surface area is 118 Å². The van der Waals surface area contributed by atoms with E-state index in [4.69, 9.17) is 0 Å². The number of amides is 3. The minimum Gasteiger partial charge on any atom is -0.387 e. The molecule has 1 aromatic carbocycles. The summed E-state index contributed by atoms with van der Waals surface area (Å²) in [5.41, 5.74) is -0.209. The molecule has 20 heavy (non-hydrogen) atoms. The maximum Gasteiger partial charge on any atom is 0.325 e. The van der Waals surface area contributed by atoms with Crippen molar-refractivity contribution in [2.45, 2.75) is 32.4 Å². The van der Waals surface area contributed by atoms with Gasteiger partial charge in [-0.1, -0.05) is 44.2 Å². The molecular weight excluding hydrogens is 256 g/mol. The molecule has 1 aromatic rings. The fourth-order valence-corrected chi connectivity index (χ4v) is 2.23. The lowest BCUT2D eigenvalue weighted by Crippen LogP contribution is -2.48. The van der Waals surface area contributed by atoms with E-state index < -0.39 is 17.7 Å². The summed E-state index contributed by atoms with van der Waals surface area (Å²) in [6.07, 6.45) is -0.875. The Morgan fingerprint density at radius 3 is 2.35 bits per heavy atom. The molecule has 5 heteroatoms. The number of carbonyl (C=O) groups is 2. The number of aliphatic hydroxyl groups is 1. The van der Waals surface area contributed by atoms with E-state index in [0.29, 0.717) is 5.56 Å². The fourth-order valence-electron chi connectivity index (χ4n) is 2.23. The second-order valence-corrected chi connectivity index (χ2v) is 5.63. The Kier molecular flexibility index (Phi) is 3.81. The summed E-state index contributed by atoms with van der Waals surface area (Å²) in [7, 11) is 0. The number of benzene rings is 1. The van der Waals surface area contributed by atoms with Gasteiger partial charge in [0.25, 0.3) is 5.91 Å². The number of urea groups is 1. The molecule has 5 nitrogen and oxygen atoms in total.